The number of rotatable bonds is 26. The first-order valence-electron chi connectivity index (χ1n) is 31.2. The molecule has 4 aliphatic heterocycles. The van der Waals surface area contributed by atoms with Crippen LogP contribution < -0.4 is 30.3 Å². The number of aromatic nitrogens is 2. The highest BCUT2D eigenvalue weighted by molar-refractivity contribution is 7.90. The fourth-order valence-corrected chi connectivity index (χ4v) is 13.6. The minimum atomic E-state index is -4.67. The largest absolute Gasteiger partial charge is 0.455 e. The summed E-state index contributed by atoms with van der Waals surface area (Å²) >= 11 is 6.27. The number of nitrogens with one attached hydrogen (secondary N) is 5. The fourth-order valence-electron chi connectivity index (χ4n) is 12.4. The van der Waals surface area contributed by atoms with Crippen molar-refractivity contribution in [3.63, 3.8) is 0 Å². The van der Waals surface area contributed by atoms with Crippen LogP contribution >= 0.6 is 11.6 Å². The summed E-state index contributed by atoms with van der Waals surface area (Å²) in [5.74, 6) is -3.08. The van der Waals surface area contributed by atoms with Crippen molar-refractivity contribution in [2.75, 3.05) is 114 Å². The molecule has 1 unspecified atom stereocenters. The van der Waals surface area contributed by atoms with Crippen LogP contribution in [-0.4, -0.2) is 178 Å². The van der Waals surface area contributed by atoms with E-state index in [1.807, 2.05) is 18.2 Å². The summed E-state index contributed by atoms with van der Waals surface area (Å²) in [6.45, 7) is 10.9. The van der Waals surface area contributed by atoms with E-state index in [-0.39, 0.29) is 97.9 Å². The first-order valence-corrected chi connectivity index (χ1v) is 33.0. The molecular weight excluding hydrogens is 1240 g/mol. The molecule has 2 aromatic heterocycles. The number of piperidine rings is 2. The fraction of sp³-hybridized carbons (Fsp3) is 0.409. The molecule has 1 aliphatic carbocycles. The molecule has 0 saturated carbocycles. The molecule has 5 aliphatic rings. The molecule has 0 bridgehead atoms. The minimum absolute atomic E-state index is 0.0260. The Balaban J connectivity index is 0.615. The zero-order valence-corrected chi connectivity index (χ0v) is 53.3. The minimum Gasteiger partial charge on any atom is -0.455 e. The number of halogens is 1. The van der Waals surface area contributed by atoms with Crippen LogP contribution in [0.1, 0.15) is 95.4 Å². The number of allylic oxidation sites excluding steroid dienone is 1. The lowest BCUT2D eigenvalue weighted by atomic mass is 9.72. The summed E-state index contributed by atoms with van der Waals surface area (Å²) in [5.41, 5.74) is 5.89. The number of amides is 6. The molecule has 4 aromatic carbocycles. The van der Waals surface area contributed by atoms with Gasteiger partial charge in [-0.1, -0.05) is 49.2 Å². The number of anilines is 3. The first-order chi connectivity index (χ1) is 44.8. The van der Waals surface area contributed by atoms with Crippen LogP contribution in [0.3, 0.4) is 0 Å². The van der Waals surface area contributed by atoms with Crippen LogP contribution in [-0.2, 0) is 38.6 Å². The van der Waals surface area contributed by atoms with E-state index < -0.39 is 61.1 Å². The highest BCUT2D eigenvalue weighted by atomic mass is 35.5. The Bertz CT molecular complexity index is 3980. The van der Waals surface area contributed by atoms with Gasteiger partial charge in [-0.3, -0.25) is 54.0 Å². The number of benzene rings is 4. The van der Waals surface area contributed by atoms with Gasteiger partial charge >= 0.3 is 0 Å². The lowest BCUT2D eigenvalue weighted by Crippen LogP contribution is -2.54. The summed E-state index contributed by atoms with van der Waals surface area (Å²) in [4.78, 5) is 104. The highest BCUT2D eigenvalue weighted by Crippen LogP contribution is 2.44. The van der Waals surface area contributed by atoms with Crippen LogP contribution in [0.25, 0.3) is 16.6 Å². The van der Waals surface area contributed by atoms with Gasteiger partial charge in [0.2, 0.25) is 17.7 Å². The van der Waals surface area contributed by atoms with Gasteiger partial charge in [0.05, 0.1) is 65.7 Å². The second kappa shape index (κ2) is 29.0. The number of nitrogens with zero attached hydrogens (tertiary/aromatic N) is 6. The molecule has 25 nitrogen and oxygen atoms in total. The number of hydrogen-bond acceptors (Lipinski definition) is 19. The van der Waals surface area contributed by atoms with E-state index in [0.29, 0.717) is 74.2 Å². The Kier molecular flexibility index (Phi) is 20.5. The first kappa shape index (κ1) is 65.7. The number of H-pyrrole nitrogens is 1. The van der Waals surface area contributed by atoms with Crippen molar-refractivity contribution in [2.24, 2.45) is 11.3 Å². The van der Waals surface area contributed by atoms with E-state index >= 15 is 0 Å². The summed E-state index contributed by atoms with van der Waals surface area (Å²) in [6.07, 6.45) is 7.65. The molecule has 6 heterocycles. The van der Waals surface area contributed by atoms with Crippen molar-refractivity contribution in [1.82, 2.24) is 34.7 Å². The van der Waals surface area contributed by atoms with E-state index in [1.165, 1.54) is 47.2 Å². The van der Waals surface area contributed by atoms with E-state index in [9.17, 15) is 47.3 Å². The molecule has 1 atom stereocenters. The van der Waals surface area contributed by atoms with Crippen molar-refractivity contribution in [1.29, 1.82) is 0 Å². The van der Waals surface area contributed by atoms with Gasteiger partial charge in [-0.05, 0) is 122 Å². The smallest absolute Gasteiger partial charge is 0.293 e. The SMILES string of the molecule is CC1(C)CCC(CN2CCN(c3ccc(C(=O)NS(=O)(=O)c4ccc(NCC5CCN(C(=O)COCCOCCOCCNc6cccc7c6C(=O)N(C6CCC(=O)NC6=O)C7=O)CC5)c([N+](=O)[O-])c4)c(Oc4cnc5[nH]ccc5c4)c3)CC2)=C(c2ccc(Cl)cc2)C1. The number of hydrogen-bond donors (Lipinski definition) is 5. The zero-order chi connectivity index (χ0) is 65.4. The van der Waals surface area contributed by atoms with Crippen LogP contribution in [0.15, 0.2) is 114 Å². The van der Waals surface area contributed by atoms with Crippen molar-refractivity contribution >= 4 is 96.4 Å². The van der Waals surface area contributed by atoms with Gasteiger partial charge in [-0.15, -0.1) is 0 Å². The van der Waals surface area contributed by atoms with Crippen LogP contribution in [0.4, 0.5) is 22.7 Å². The quantitative estimate of drug-likeness (QED) is 0.0148. The van der Waals surface area contributed by atoms with Crippen molar-refractivity contribution in [3.8, 4) is 11.5 Å². The predicted octanol–water partition coefficient (Wildman–Crippen LogP) is 8.04. The number of nitro benzene ring substituents is 1. The van der Waals surface area contributed by atoms with Gasteiger partial charge in [0.15, 0.2) is 0 Å². The average Bonchev–Trinajstić information content (AvgIpc) is 1.65. The number of carbonyl (C=O) groups is 6. The average molecular weight is 1310 g/mol. The number of imide groups is 2. The summed E-state index contributed by atoms with van der Waals surface area (Å²) in [7, 11) is -4.67. The second-order valence-electron chi connectivity index (χ2n) is 24.5. The molecule has 93 heavy (non-hydrogen) atoms. The predicted molar refractivity (Wildman–Crippen MR) is 347 cm³/mol. The lowest BCUT2D eigenvalue weighted by molar-refractivity contribution is -0.384. The summed E-state index contributed by atoms with van der Waals surface area (Å²) < 4.78 is 53.2. The van der Waals surface area contributed by atoms with Crippen molar-refractivity contribution < 1.29 is 61.1 Å². The van der Waals surface area contributed by atoms with E-state index in [1.54, 1.807) is 41.4 Å². The molecule has 3 saturated heterocycles. The number of likely N-dealkylation sites (tertiary alicyclic amines) is 1. The number of aromatic amines is 1. The van der Waals surface area contributed by atoms with E-state index in [0.717, 1.165) is 60.9 Å². The summed E-state index contributed by atoms with van der Waals surface area (Å²) in [5, 5.41) is 22.3. The Morgan fingerprint density at radius 3 is 2.32 bits per heavy atom. The standard InChI is InChI=1S/C66H74ClN11O14S/c1-66(2)20-16-45(52(37-66)43-6-8-46(67)9-7-43)40-74-25-27-75(28-26-74)47-10-12-50(57(35-47)92-48-34-44-17-21-69-61(44)71-39-48)62(81)73-93(87,88)49-11-13-53(56(36-49)78(85)86)70-38-42-18-23-76(24-19-42)59(80)41-91-33-32-90-31-30-89-29-22-68-54-5-3-4-51-60(54)65(84)77(64(51)83)55-14-15-58(79)72-63(55)82/h3-13,17,21,34-36,39,42,55,68,70H,14-16,18-20,22-33,37-38,40-41H2,1-2H3,(H,69,71)(H,73,81)(H,72,79,82). The zero-order valence-electron chi connectivity index (χ0n) is 51.7. The maximum absolute atomic E-state index is 14.2. The van der Waals surface area contributed by atoms with Crippen molar-refractivity contribution in [3.05, 3.63) is 146 Å². The summed E-state index contributed by atoms with van der Waals surface area (Å²) in [6, 6.07) is 23.9. The second-order valence-corrected chi connectivity index (χ2v) is 26.6. The number of piperazine rings is 1. The van der Waals surface area contributed by atoms with Crippen LogP contribution in [0, 0.1) is 21.4 Å². The highest BCUT2D eigenvalue weighted by Gasteiger charge is 2.46. The van der Waals surface area contributed by atoms with E-state index in [4.69, 9.17) is 30.5 Å². The monoisotopic (exact) mass is 1310 g/mol. The Labute approximate surface area is 542 Å². The van der Waals surface area contributed by atoms with Crippen LogP contribution in [0.5, 0.6) is 11.5 Å². The topological polar surface area (TPSA) is 306 Å². The molecule has 27 heteroatoms. The normalized spacial score (nSPS) is 18.0. The Morgan fingerprint density at radius 2 is 1.57 bits per heavy atom. The third-order valence-corrected chi connectivity index (χ3v) is 19.2. The van der Waals surface area contributed by atoms with Crippen molar-refractivity contribution in [2.45, 2.75) is 69.7 Å². The number of nitro groups is 1. The Morgan fingerprint density at radius 1 is 0.817 bits per heavy atom. The molecule has 0 spiro atoms. The third-order valence-electron chi connectivity index (χ3n) is 17.6. The molecule has 6 aromatic rings. The number of sulfonamides is 1. The molecule has 490 valence electrons. The molecule has 11 rings (SSSR count). The lowest BCUT2D eigenvalue weighted by Gasteiger charge is -2.39. The van der Waals surface area contributed by atoms with Gasteiger partial charge in [0.1, 0.15) is 35.5 Å². The molecule has 0 radical (unpaired) electrons. The number of ether oxygens (including phenoxy) is 4. The Hall–Kier alpha value is -8.79. The molecular formula is C66H74ClN11O14S. The number of pyridine rings is 1. The van der Waals surface area contributed by atoms with E-state index in [2.05, 4.69) is 66.4 Å². The number of fused-ring (bicyclic) bond motifs is 2. The molecule has 6 amide bonds. The maximum Gasteiger partial charge on any atom is 0.293 e. The van der Waals surface area contributed by atoms with Gasteiger partial charge in [-0.2, -0.15) is 0 Å². The van der Waals surface area contributed by atoms with Gasteiger partial charge < -0.3 is 44.4 Å². The third kappa shape index (κ3) is 15.8. The van der Waals surface area contributed by atoms with Gasteiger partial charge in [0, 0.05) is 105 Å². The molecule has 5 N–H and O–H groups in total. The maximum atomic E-state index is 14.2. The molecule has 3 fully saturated rings. The van der Waals surface area contributed by atoms with Gasteiger partial charge in [-0.25, -0.2) is 18.1 Å². The number of carbonyl (C=O) groups excluding carboxylic acids is 6. The van der Waals surface area contributed by atoms with Gasteiger partial charge in [0.25, 0.3) is 33.4 Å². The van der Waals surface area contributed by atoms with Crippen LogP contribution in [0.2, 0.25) is 5.02 Å².